The third kappa shape index (κ3) is 3.92. The van der Waals surface area contributed by atoms with Gasteiger partial charge in [0.2, 0.25) is 0 Å². The van der Waals surface area contributed by atoms with Crippen LogP contribution < -0.4 is 0 Å². The highest BCUT2D eigenvalue weighted by Crippen LogP contribution is 2.24. The zero-order chi connectivity index (χ0) is 17.1. The number of halogens is 2. The fraction of sp³-hybridized carbons (Fsp3) is 0.312. The lowest BCUT2D eigenvalue weighted by Gasteiger charge is -2.07. The van der Waals surface area contributed by atoms with Gasteiger partial charge >= 0.3 is 5.97 Å². The van der Waals surface area contributed by atoms with Crippen molar-refractivity contribution in [2.75, 3.05) is 6.61 Å². The van der Waals surface area contributed by atoms with E-state index in [4.69, 9.17) is 32.5 Å². The van der Waals surface area contributed by atoms with Gasteiger partial charge in [0.05, 0.1) is 15.7 Å². The summed E-state index contributed by atoms with van der Waals surface area (Å²) in [5, 5.41) is 4.39. The van der Waals surface area contributed by atoms with Crippen LogP contribution in [-0.4, -0.2) is 23.5 Å². The van der Waals surface area contributed by atoms with Crippen LogP contribution in [0.2, 0.25) is 10.0 Å². The molecule has 0 amide bonds. The molecular formula is C16H15Cl2NO4. The number of nitrogens with zero attached hydrogens (tertiary/aromatic N) is 1. The quantitative estimate of drug-likeness (QED) is 0.585. The Hall–Kier alpha value is -1.85. The second kappa shape index (κ2) is 7.15. The first-order valence-corrected chi connectivity index (χ1v) is 7.68. The molecule has 23 heavy (non-hydrogen) atoms. The molecule has 0 atom stereocenters. The second-order valence-electron chi connectivity index (χ2n) is 5.29. The van der Waals surface area contributed by atoms with Crippen LogP contribution in [0, 0.1) is 6.92 Å². The summed E-state index contributed by atoms with van der Waals surface area (Å²) in [7, 11) is 0. The van der Waals surface area contributed by atoms with Gasteiger partial charge in [0.15, 0.2) is 18.2 Å². The Balaban J connectivity index is 2.08. The van der Waals surface area contributed by atoms with E-state index in [1.54, 1.807) is 6.92 Å². The number of aromatic nitrogens is 1. The van der Waals surface area contributed by atoms with Gasteiger partial charge in [-0.05, 0) is 25.1 Å². The molecule has 0 unspecified atom stereocenters. The normalized spacial score (nSPS) is 10.9. The van der Waals surface area contributed by atoms with Crippen LogP contribution in [-0.2, 0) is 4.74 Å². The van der Waals surface area contributed by atoms with Gasteiger partial charge in [-0.1, -0.05) is 42.2 Å². The molecule has 0 bridgehead atoms. The summed E-state index contributed by atoms with van der Waals surface area (Å²) in [6.07, 6.45) is 0. The number of carbonyl (C=O) groups excluding carboxylic acids is 2. The molecule has 0 radical (unpaired) electrons. The molecule has 0 N–H and O–H groups in total. The molecule has 1 aromatic heterocycles. The topological polar surface area (TPSA) is 69.4 Å². The van der Waals surface area contributed by atoms with Gasteiger partial charge in [0, 0.05) is 11.5 Å². The molecule has 0 aliphatic carbocycles. The molecule has 0 saturated heterocycles. The van der Waals surface area contributed by atoms with Crippen molar-refractivity contribution >= 4 is 35.0 Å². The van der Waals surface area contributed by atoms with E-state index in [1.165, 1.54) is 18.2 Å². The van der Waals surface area contributed by atoms with Crippen molar-refractivity contribution in [1.82, 2.24) is 5.16 Å². The van der Waals surface area contributed by atoms with Gasteiger partial charge in [-0.3, -0.25) is 4.79 Å². The summed E-state index contributed by atoms with van der Waals surface area (Å²) in [5.74, 6) is -0.600. The molecule has 0 fully saturated rings. The highest BCUT2D eigenvalue weighted by molar-refractivity contribution is 6.42. The first-order valence-electron chi connectivity index (χ1n) is 6.92. The summed E-state index contributed by atoms with van der Waals surface area (Å²) in [5.41, 5.74) is 1.01. The van der Waals surface area contributed by atoms with Crippen LogP contribution in [0.15, 0.2) is 22.7 Å². The second-order valence-corrected chi connectivity index (χ2v) is 6.10. The average Bonchev–Trinajstić information content (AvgIpc) is 2.89. The number of aryl methyl sites for hydroxylation is 1. The van der Waals surface area contributed by atoms with E-state index in [0.717, 1.165) is 0 Å². The number of carbonyl (C=O) groups is 2. The molecule has 1 heterocycles. The Bertz CT molecular complexity index is 753. The summed E-state index contributed by atoms with van der Waals surface area (Å²) in [4.78, 5) is 24.3. The molecule has 5 nitrogen and oxygen atoms in total. The molecular weight excluding hydrogens is 341 g/mol. The molecule has 0 aliphatic rings. The standard InChI is InChI=1S/C16H15Cl2NO4/c1-8(2)15-14(9(3)19-23-15)16(21)22-7-13(20)10-4-5-11(17)12(18)6-10/h4-6,8H,7H2,1-3H3. The Kier molecular flexibility index (Phi) is 5.44. The van der Waals surface area contributed by atoms with E-state index in [1.807, 2.05) is 13.8 Å². The maximum Gasteiger partial charge on any atom is 0.344 e. The maximum atomic E-state index is 12.2. The monoisotopic (exact) mass is 355 g/mol. The van der Waals surface area contributed by atoms with E-state index in [9.17, 15) is 9.59 Å². The Morgan fingerprint density at radius 3 is 2.57 bits per heavy atom. The summed E-state index contributed by atoms with van der Waals surface area (Å²) in [6.45, 7) is 4.99. The van der Waals surface area contributed by atoms with E-state index in [-0.39, 0.29) is 22.3 Å². The van der Waals surface area contributed by atoms with E-state index in [0.29, 0.717) is 22.0 Å². The minimum Gasteiger partial charge on any atom is -0.454 e. The Morgan fingerprint density at radius 1 is 1.26 bits per heavy atom. The molecule has 122 valence electrons. The minimum absolute atomic E-state index is 0.0236. The number of hydrogen-bond donors (Lipinski definition) is 0. The predicted molar refractivity (Wildman–Crippen MR) is 86.4 cm³/mol. The third-order valence-corrected chi connectivity index (χ3v) is 3.93. The van der Waals surface area contributed by atoms with Crippen LogP contribution in [0.5, 0.6) is 0 Å². The average molecular weight is 356 g/mol. The van der Waals surface area contributed by atoms with E-state index < -0.39 is 12.6 Å². The van der Waals surface area contributed by atoms with Crippen molar-refractivity contribution in [3.05, 3.63) is 50.8 Å². The van der Waals surface area contributed by atoms with Crippen LogP contribution in [0.25, 0.3) is 0 Å². The largest absolute Gasteiger partial charge is 0.454 e. The summed E-state index contributed by atoms with van der Waals surface area (Å²) >= 11 is 11.7. The fourth-order valence-electron chi connectivity index (χ4n) is 1.99. The smallest absolute Gasteiger partial charge is 0.344 e. The van der Waals surface area contributed by atoms with Gasteiger partial charge < -0.3 is 9.26 Å². The maximum absolute atomic E-state index is 12.2. The van der Waals surface area contributed by atoms with Gasteiger partial charge in [0.25, 0.3) is 0 Å². The van der Waals surface area contributed by atoms with Crippen LogP contribution in [0.1, 0.15) is 51.9 Å². The van der Waals surface area contributed by atoms with Crippen molar-refractivity contribution in [2.24, 2.45) is 0 Å². The third-order valence-electron chi connectivity index (χ3n) is 3.19. The number of ether oxygens (including phenoxy) is 1. The van der Waals surface area contributed by atoms with Crippen LogP contribution >= 0.6 is 23.2 Å². The molecule has 2 rings (SSSR count). The van der Waals surface area contributed by atoms with Crippen LogP contribution in [0.4, 0.5) is 0 Å². The number of esters is 1. The lowest BCUT2D eigenvalue weighted by atomic mass is 10.1. The van der Waals surface area contributed by atoms with Crippen molar-refractivity contribution in [2.45, 2.75) is 26.7 Å². The van der Waals surface area contributed by atoms with Crippen LogP contribution in [0.3, 0.4) is 0 Å². The number of ketones is 1. The lowest BCUT2D eigenvalue weighted by Crippen LogP contribution is -2.16. The molecule has 1 aromatic carbocycles. The zero-order valence-electron chi connectivity index (χ0n) is 12.9. The first kappa shape index (κ1) is 17.5. The Morgan fingerprint density at radius 2 is 1.96 bits per heavy atom. The zero-order valence-corrected chi connectivity index (χ0v) is 14.4. The molecule has 7 heteroatoms. The van der Waals surface area contributed by atoms with E-state index in [2.05, 4.69) is 5.16 Å². The lowest BCUT2D eigenvalue weighted by molar-refractivity contribution is 0.0471. The summed E-state index contributed by atoms with van der Waals surface area (Å²) < 4.78 is 10.2. The van der Waals surface area contributed by atoms with Gasteiger partial charge in [-0.2, -0.15) is 0 Å². The first-order chi connectivity index (χ1) is 10.8. The van der Waals surface area contributed by atoms with E-state index >= 15 is 0 Å². The molecule has 0 spiro atoms. The molecule has 0 saturated carbocycles. The molecule has 2 aromatic rings. The minimum atomic E-state index is -0.638. The van der Waals surface area contributed by atoms with Gasteiger partial charge in [0.1, 0.15) is 5.56 Å². The van der Waals surface area contributed by atoms with Crippen molar-refractivity contribution in [1.29, 1.82) is 0 Å². The SMILES string of the molecule is Cc1noc(C(C)C)c1C(=O)OCC(=O)c1ccc(Cl)c(Cl)c1. The highest BCUT2D eigenvalue weighted by atomic mass is 35.5. The number of rotatable bonds is 5. The number of benzene rings is 1. The number of Topliss-reactive ketones (excluding diaryl/α,β-unsaturated/α-hetero) is 1. The molecule has 0 aliphatic heterocycles. The number of hydrogen-bond acceptors (Lipinski definition) is 5. The van der Waals surface area contributed by atoms with Gasteiger partial charge in [-0.25, -0.2) is 4.79 Å². The highest BCUT2D eigenvalue weighted by Gasteiger charge is 2.24. The predicted octanol–water partition coefficient (Wildman–Crippen LogP) is 4.45. The van der Waals surface area contributed by atoms with Crippen molar-refractivity contribution < 1.29 is 18.8 Å². The Labute approximate surface area is 143 Å². The van der Waals surface area contributed by atoms with Crippen molar-refractivity contribution in [3.8, 4) is 0 Å². The fourth-order valence-corrected chi connectivity index (χ4v) is 2.28. The van der Waals surface area contributed by atoms with Gasteiger partial charge in [-0.15, -0.1) is 0 Å². The van der Waals surface area contributed by atoms with Crippen molar-refractivity contribution in [3.63, 3.8) is 0 Å². The summed E-state index contributed by atoms with van der Waals surface area (Å²) in [6, 6.07) is 4.47.